The molecule has 0 heterocycles. The number of amides is 1. The smallest absolute Gasteiger partial charge is 0.340 e. The average molecular weight is 384 g/mol. The molecule has 25 heavy (non-hydrogen) atoms. The number of esters is 1. The Balaban J connectivity index is 2.01. The van der Waals surface area contributed by atoms with Crippen LogP contribution in [0.25, 0.3) is 0 Å². The van der Waals surface area contributed by atoms with Gasteiger partial charge in [0.2, 0.25) is 0 Å². The predicted molar refractivity (Wildman–Crippen MR) is 94.9 cm³/mol. The minimum atomic E-state index is -0.750. The SMILES string of the molecule is COc1ccc(OC)c(NC(=O)COC(=O)c2cc(Cl)ccc2Cl)c1. The highest BCUT2D eigenvalue weighted by atomic mass is 35.5. The Hall–Kier alpha value is -2.44. The number of methoxy groups -OCH3 is 2. The van der Waals surface area contributed by atoms with E-state index in [1.165, 1.54) is 26.4 Å². The monoisotopic (exact) mass is 383 g/mol. The summed E-state index contributed by atoms with van der Waals surface area (Å²) in [4.78, 5) is 24.0. The van der Waals surface area contributed by atoms with Crippen molar-refractivity contribution in [3.05, 3.63) is 52.0 Å². The molecule has 0 saturated heterocycles. The molecular formula is C17H15Cl2NO5. The molecule has 0 atom stereocenters. The van der Waals surface area contributed by atoms with E-state index >= 15 is 0 Å². The van der Waals surface area contributed by atoms with E-state index in [4.69, 9.17) is 37.4 Å². The van der Waals surface area contributed by atoms with E-state index in [0.717, 1.165) is 0 Å². The lowest BCUT2D eigenvalue weighted by Gasteiger charge is -2.12. The number of halogens is 2. The van der Waals surface area contributed by atoms with Gasteiger partial charge in [0.15, 0.2) is 6.61 Å². The number of carbonyl (C=O) groups excluding carboxylic acids is 2. The summed E-state index contributed by atoms with van der Waals surface area (Å²) in [5.41, 5.74) is 0.476. The molecule has 6 nitrogen and oxygen atoms in total. The molecule has 0 spiro atoms. The van der Waals surface area contributed by atoms with E-state index in [2.05, 4.69) is 5.32 Å². The molecule has 0 bridgehead atoms. The van der Waals surface area contributed by atoms with Gasteiger partial charge in [0.05, 0.1) is 30.5 Å². The van der Waals surface area contributed by atoms with Crippen molar-refractivity contribution in [2.24, 2.45) is 0 Å². The Bertz CT molecular complexity index is 795. The third kappa shape index (κ3) is 5.01. The molecule has 0 saturated carbocycles. The maximum Gasteiger partial charge on any atom is 0.340 e. The second-order valence-corrected chi connectivity index (χ2v) is 5.66. The van der Waals surface area contributed by atoms with E-state index in [0.29, 0.717) is 22.2 Å². The number of ether oxygens (including phenoxy) is 3. The van der Waals surface area contributed by atoms with Crippen LogP contribution in [0.5, 0.6) is 11.5 Å². The summed E-state index contributed by atoms with van der Waals surface area (Å²) in [6, 6.07) is 9.31. The molecule has 8 heteroatoms. The van der Waals surface area contributed by atoms with Gasteiger partial charge in [-0.25, -0.2) is 4.79 Å². The fourth-order valence-corrected chi connectivity index (χ4v) is 2.33. The molecule has 0 radical (unpaired) electrons. The zero-order valence-electron chi connectivity index (χ0n) is 13.5. The molecule has 1 amide bonds. The molecule has 0 aromatic heterocycles. The fraction of sp³-hybridized carbons (Fsp3) is 0.176. The molecule has 2 aromatic carbocycles. The summed E-state index contributed by atoms with van der Waals surface area (Å²) in [7, 11) is 2.97. The predicted octanol–water partition coefficient (Wildman–Crippen LogP) is 3.81. The topological polar surface area (TPSA) is 73.9 Å². The van der Waals surface area contributed by atoms with Crippen LogP contribution in [0, 0.1) is 0 Å². The first-order valence-corrected chi connectivity index (χ1v) is 7.84. The highest BCUT2D eigenvalue weighted by molar-refractivity contribution is 6.35. The maximum atomic E-state index is 12.0. The number of benzene rings is 2. The van der Waals surface area contributed by atoms with Gasteiger partial charge in [0.25, 0.3) is 5.91 Å². The van der Waals surface area contributed by atoms with Gasteiger partial charge in [0.1, 0.15) is 11.5 Å². The molecule has 2 aromatic rings. The summed E-state index contributed by atoms with van der Waals surface area (Å²) < 4.78 is 15.2. The van der Waals surface area contributed by atoms with Crippen molar-refractivity contribution in [2.75, 3.05) is 26.1 Å². The number of anilines is 1. The van der Waals surface area contributed by atoms with Crippen molar-refractivity contribution in [2.45, 2.75) is 0 Å². The first kappa shape index (κ1) is 18.9. The lowest BCUT2D eigenvalue weighted by molar-refractivity contribution is -0.119. The van der Waals surface area contributed by atoms with Crippen LogP contribution < -0.4 is 14.8 Å². The molecule has 132 valence electrons. The van der Waals surface area contributed by atoms with Crippen molar-refractivity contribution in [1.29, 1.82) is 0 Å². The summed E-state index contributed by atoms with van der Waals surface area (Å²) in [5.74, 6) is -0.310. The van der Waals surface area contributed by atoms with Crippen LogP contribution in [0.3, 0.4) is 0 Å². The summed E-state index contributed by atoms with van der Waals surface area (Å²) in [6.07, 6.45) is 0. The normalized spacial score (nSPS) is 10.1. The third-order valence-electron chi connectivity index (χ3n) is 3.16. The van der Waals surface area contributed by atoms with E-state index in [9.17, 15) is 9.59 Å². The van der Waals surface area contributed by atoms with Crippen molar-refractivity contribution in [3.8, 4) is 11.5 Å². The lowest BCUT2D eigenvalue weighted by atomic mass is 10.2. The number of hydrogen-bond donors (Lipinski definition) is 1. The van der Waals surface area contributed by atoms with Gasteiger partial charge >= 0.3 is 5.97 Å². The second-order valence-electron chi connectivity index (χ2n) is 4.81. The number of nitrogens with one attached hydrogen (secondary N) is 1. The summed E-state index contributed by atoms with van der Waals surface area (Å²) in [5, 5.41) is 3.11. The Kier molecular flexibility index (Phi) is 6.50. The van der Waals surface area contributed by atoms with E-state index in [1.54, 1.807) is 24.3 Å². The van der Waals surface area contributed by atoms with Crippen LogP contribution >= 0.6 is 23.2 Å². The van der Waals surface area contributed by atoms with Crippen molar-refractivity contribution >= 4 is 40.8 Å². The van der Waals surface area contributed by atoms with Crippen LogP contribution in [0.1, 0.15) is 10.4 Å². The van der Waals surface area contributed by atoms with Gasteiger partial charge in [-0.2, -0.15) is 0 Å². The fourth-order valence-electron chi connectivity index (χ4n) is 1.96. The van der Waals surface area contributed by atoms with Crippen molar-refractivity contribution < 1.29 is 23.8 Å². The Morgan fingerprint density at radius 1 is 1.04 bits per heavy atom. The Morgan fingerprint density at radius 2 is 1.80 bits per heavy atom. The van der Waals surface area contributed by atoms with Crippen LogP contribution in [0.15, 0.2) is 36.4 Å². The number of carbonyl (C=O) groups is 2. The van der Waals surface area contributed by atoms with Crippen molar-refractivity contribution in [3.63, 3.8) is 0 Å². The molecule has 0 aliphatic heterocycles. The van der Waals surface area contributed by atoms with Gasteiger partial charge in [-0.3, -0.25) is 4.79 Å². The Morgan fingerprint density at radius 3 is 2.48 bits per heavy atom. The third-order valence-corrected chi connectivity index (χ3v) is 3.73. The summed E-state index contributed by atoms with van der Waals surface area (Å²) >= 11 is 11.7. The Labute approximate surface area is 154 Å². The van der Waals surface area contributed by atoms with Crippen molar-refractivity contribution in [1.82, 2.24) is 0 Å². The minimum absolute atomic E-state index is 0.0842. The van der Waals surface area contributed by atoms with Gasteiger partial charge in [-0.15, -0.1) is 0 Å². The first-order chi connectivity index (χ1) is 11.9. The van der Waals surface area contributed by atoms with E-state index in [-0.39, 0.29) is 10.6 Å². The standard InChI is InChI=1S/C17H15Cl2NO5/c1-23-11-4-6-15(24-2)14(8-11)20-16(21)9-25-17(22)12-7-10(18)3-5-13(12)19/h3-8H,9H2,1-2H3,(H,20,21). The van der Waals surface area contributed by atoms with Crippen LogP contribution in [-0.2, 0) is 9.53 Å². The zero-order chi connectivity index (χ0) is 18.4. The molecule has 0 fully saturated rings. The van der Waals surface area contributed by atoms with Crippen LogP contribution in [0.2, 0.25) is 10.0 Å². The lowest BCUT2D eigenvalue weighted by Crippen LogP contribution is -2.21. The molecule has 2 rings (SSSR count). The first-order valence-electron chi connectivity index (χ1n) is 7.08. The van der Waals surface area contributed by atoms with E-state index in [1.807, 2.05) is 0 Å². The number of hydrogen-bond acceptors (Lipinski definition) is 5. The molecule has 0 unspecified atom stereocenters. The zero-order valence-corrected chi connectivity index (χ0v) is 15.0. The largest absolute Gasteiger partial charge is 0.497 e. The van der Waals surface area contributed by atoms with Gasteiger partial charge in [-0.05, 0) is 30.3 Å². The second kappa shape index (κ2) is 8.60. The number of rotatable bonds is 6. The van der Waals surface area contributed by atoms with Gasteiger partial charge < -0.3 is 19.5 Å². The van der Waals surface area contributed by atoms with Gasteiger partial charge in [0, 0.05) is 11.1 Å². The quantitative estimate of drug-likeness (QED) is 0.767. The minimum Gasteiger partial charge on any atom is -0.497 e. The molecule has 1 N–H and O–H groups in total. The molecule has 0 aliphatic rings. The maximum absolute atomic E-state index is 12.0. The van der Waals surface area contributed by atoms with Crippen LogP contribution in [-0.4, -0.2) is 32.7 Å². The molecule has 0 aliphatic carbocycles. The highest BCUT2D eigenvalue weighted by Crippen LogP contribution is 2.28. The highest BCUT2D eigenvalue weighted by Gasteiger charge is 2.15. The van der Waals surface area contributed by atoms with Crippen LogP contribution in [0.4, 0.5) is 5.69 Å². The average Bonchev–Trinajstić information content (AvgIpc) is 2.61. The molecular weight excluding hydrogens is 369 g/mol. The van der Waals surface area contributed by atoms with E-state index < -0.39 is 18.5 Å². The summed E-state index contributed by atoms with van der Waals surface area (Å²) in [6.45, 7) is -0.498. The van der Waals surface area contributed by atoms with Gasteiger partial charge in [-0.1, -0.05) is 23.2 Å².